The van der Waals surface area contributed by atoms with E-state index in [9.17, 15) is 5.11 Å². The molecular formula is C14H17ClN2O. The van der Waals surface area contributed by atoms with E-state index in [4.69, 9.17) is 11.6 Å². The lowest BCUT2D eigenvalue weighted by Gasteiger charge is -2.14. The van der Waals surface area contributed by atoms with Crippen LogP contribution >= 0.6 is 11.6 Å². The quantitative estimate of drug-likeness (QED) is 0.921. The smallest absolute Gasteiger partial charge is 0.0996 e. The molecule has 0 bridgehead atoms. The van der Waals surface area contributed by atoms with Crippen molar-refractivity contribution in [1.82, 2.24) is 9.55 Å². The average Bonchev–Trinajstić information content (AvgIpc) is 2.81. The molecule has 1 atom stereocenters. The molecular weight excluding hydrogens is 248 g/mol. The summed E-state index contributed by atoms with van der Waals surface area (Å²) in [5, 5.41) is 11.0. The van der Waals surface area contributed by atoms with Gasteiger partial charge in [-0.05, 0) is 31.0 Å². The molecule has 0 aliphatic carbocycles. The predicted molar refractivity (Wildman–Crippen MR) is 72.8 cm³/mol. The van der Waals surface area contributed by atoms with E-state index in [-0.39, 0.29) is 0 Å². The maximum atomic E-state index is 10.2. The van der Waals surface area contributed by atoms with Gasteiger partial charge in [-0.1, -0.05) is 23.7 Å². The fraction of sp³-hybridized carbons (Fsp3) is 0.357. The molecule has 18 heavy (non-hydrogen) atoms. The van der Waals surface area contributed by atoms with Gasteiger partial charge in [0.1, 0.15) is 0 Å². The molecule has 3 nitrogen and oxygen atoms in total. The number of aliphatic hydroxyl groups is 1. The number of hydrogen-bond donors (Lipinski definition) is 1. The Labute approximate surface area is 112 Å². The molecule has 96 valence electrons. The minimum Gasteiger partial charge on any atom is -0.386 e. The van der Waals surface area contributed by atoms with Crippen molar-refractivity contribution in [3.05, 3.63) is 52.6 Å². The Morgan fingerprint density at radius 1 is 1.44 bits per heavy atom. The van der Waals surface area contributed by atoms with Gasteiger partial charge in [0, 0.05) is 18.0 Å². The van der Waals surface area contributed by atoms with E-state index >= 15 is 0 Å². The van der Waals surface area contributed by atoms with Crippen molar-refractivity contribution in [2.24, 2.45) is 0 Å². The Balaban J connectivity index is 2.18. The zero-order chi connectivity index (χ0) is 13.1. The number of imidazole rings is 1. The highest BCUT2D eigenvalue weighted by Gasteiger charge is 2.14. The molecule has 0 amide bonds. The SMILES string of the molecule is CCn1cncc1C(O)Cc1ccc(C)cc1Cl. The van der Waals surface area contributed by atoms with Crippen molar-refractivity contribution in [3.63, 3.8) is 0 Å². The van der Waals surface area contributed by atoms with Crippen molar-refractivity contribution in [2.75, 3.05) is 0 Å². The first-order valence-corrected chi connectivity index (χ1v) is 6.42. The second kappa shape index (κ2) is 5.55. The molecule has 1 heterocycles. The fourth-order valence-electron chi connectivity index (χ4n) is 2.00. The van der Waals surface area contributed by atoms with Crippen LogP contribution in [0.2, 0.25) is 5.02 Å². The van der Waals surface area contributed by atoms with Gasteiger partial charge in [-0.25, -0.2) is 4.98 Å². The molecule has 1 unspecified atom stereocenters. The van der Waals surface area contributed by atoms with E-state index in [1.165, 1.54) is 0 Å². The third-order valence-electron chi connectivity index (χ3n) is 3.05. The second-order valence-corrected chi connectivity index (χ2v) is 4.83. The number of hydrogen-bond acceptors (Lipinski definition) is 2. The van der Waals surface area contributed by atoms with Crippen LogP contribution in [0.1, 0.15) is 29.8 Å². The molecule has 0 aliphatic rings. The normalized spacial score (nSPS) is 12.7. The van der Waals surface area contributed by atoms with Crippen LogP contribution in [-0.4, -0.2) is 14.7 Å². The Morgan fingerprint density at radius 3 is 2.89 bits per heavy atom. The first kappa shape index (κ1) is 13.1. The lowest BCUT2D eigenvalue weighted by molar-refractivity contribution is 0.169. The number of nitrogens with zero attached hydrogens (tertiary/aromatic N) is 2. The summed E-state index contributed by atoms with van der Waals surface area (Å²) < 4.78 is 1.94. The predicted octanol–water partition coefficient (Wildman–Crippen LogP) is 3.14. The summed E-state index contributed by atoms with van der Waals surface area (Å²) >= 11 is 6.18. The molecule has 0 radical (unpaired) electrons. The van der Waals surface area contributed by atoms with Crippen LogP contribution in [-0.2, 0) is 13.0 Å². The highest BCUT2D eigenvalue weighted by molar-refractivity contribution is 6.31. The summed E-state index contributed by atoms with van der Waals surface area (Å²) in [6.45, 7) is 4.82. The number of aliphatic hydroxyl groups excluding tert-OH is 1. The summed E-state index contributed by atoms with van der Waals surface area (Å²) in [7, 11) is 0. The molecule has 0 saturated heterocycles. The van der Waals surface area contributed by atoms with Gasteiger partial charge < -0.3 is 9.67 Å². The maximum absolute atomic E-state index is 10.2. The van der Waals surface area contributed by atoms with Gasteiger partial charge in [0.05, 0.1) is 24.3 Å². The van der Waals surface area contributed by atoms with Crippen molar-refractivity contribution < 1.29 is 5.11 Å². The van der Waals surface area contributed by atoms with Crippen LogP contribution < -0.4 is 0 Å². The summed E-state index contributed by atoms with van der Waals surface area (Å²) in [6.07, 6.45) is 3.36. The first-order chi connectivity index (χ1) is 8.61. The number of rotatable bonds is 4. The summed E-state index contributed by atoms with van der Waals surface area (Å²) in [4.78, 5) is 4.06. The third-order valence-corrected chi connectivity index (χ3v) is 3.40. The van der Waals surface area contributed by atoms with Gasteiger partial charge in [0.2, 0.25) is 0 Å². The molecule has 1 N–H and O–H groups in total. The van der Waals surface area contributed by atoms with Crippen LogP contribution in [0.25, 0.3) is 0 Å². The average molecular weight is 265 g/mol. The second-order valence-electron chi connectivity index (χ2n) is 4.42. The Kier molecular flexibility index (Phi) is 4.04. The van der Waals surface area contributed by atoms with Crippen molar-refractivity contribution in [2.45, 2.75) is 32.9 Å². The van der Waals surface area contributed by atoms with Gasteiger partial charge in [-0.15, -0.1) is 0 Å². The summed E-state index contributed by atoms with van der Waals surface area (Å²) in [6, 6.07) is 5.89. The Morgan fingerprint density at radius 2 is 2.22 bits per heavy atom. The highest BCUT2D eigenvalue weighted by atomic mass is 35.5. The van der Waals surface area contributed by atoms with Crippen molar-refractivity contribution in [3.8, 4) is 0 Å². The summed E-state index contributed by atoms with van der Waals surface area (Å²) in [5.74, 6) is 0. The van der Waals surface area contributed by atoms with Gasteiger partial charge in [-0.3, -0.25) is 0 Å². The fourth-order valence-corrected chi connectivity index (χ4v) is 2.32. The topological polar surface area (TPSA) is 38.0 Å². The number of halogens is 1. The van der Waals surface area contributed by atoms with Crippen molar-refractivity contribution in [1.29, 1.82) is 0 Å². The minimum absolute atomic E-state index is 0.505. The van der Waals surface area contributed by atoms with Crippen molar-refractivity contribution >= 4 is 11.6 Å². The van der Waals surface area contributed by atoms with E-state index < -0.39 is 6.10 Å². The Bertz CT molecular complexity index is 536. The third kappa shape index (κ3) is 2.74. The van der Waals surface area contributed by atoms with Crippen LogP contribution in [0.5, 0.6) is 0 Å². The lowest BCUT2D eigenvalue weighted by Crippen LogP contribution is -2.08. The maximum Gasteiger partial charge on any atom is 0.0996 e. The van der Waals surface area contributed by atoms with E-state index in [0.717, 1.165) is 23.4 Å². The summed E-state index contributed by atoms with van der Waals surface area (Å²) in [5.41, 5.74) is 2.91. The van der Waals surface area contributed by atoms with Gasteiger partial charge in [-0.2, -0.15) is 0 Å². The number of aryl methyl sites for hydroxylation is 2. The molecule has 1 aromatic heterocycles. The van der Waals surface area contributed by atoms with Crippen LogP contribution in [0.3, 0.4) is 0 Å². The molecule has 0 fully saturated rings. The van der Waals surface area contributed by atoms with Crippen LogP contribution in [0.4, 0.5) is 0 Å². The van der Waals surface area contributed by atoms with E-state index in [1.807, 2.05) is 36.6 Å². The molecule has 2 rings (SSSR count). The zero-order valence-electron chi connectivity index (χ0n) is 10.6. The minimum atomic E-state index is -0.576. The van der Waals surface area contributed by atoms with Gasteiger partial charge >= 0.3 is 0 Å². The zero-order valence-corrected chi connectivity index (χ0v) is 11.4. The molecule has 0 spiro atoms. The molecule has 0 aliphatic heterocycles. The highest BCUT2D eigenvalue weighted by Crippen LogP contribution is 2.24. The van der Waals surface area contributed by atoms with E-state index in [2.05, 4.69) is 4.98 Å². The molecule has 1 aromatic carbocycles. The monoisotopic (exact) mass is 264 g/mol. The number of aromatic nitrogens is 2. The largest absolute Gasteiger partial charge is 0.386 e. The van der Waals surface area contributed by atoms with E-state index in [1.54, 1.807) is 12.5 Å². The lowest BCUT2D eigenvalue weighted by atomic mass is 10.0. The Hall–Kier alpha value is -1.32. The van der Waals surface area contributed by atoms with Crippen LogP contribution in [0, 0.1) is 6.92 Å². The van der Waals surface area contributed by atoms with Gasteiger partial charge in [0.15, 0.2) is 0 Å². The molecule has 0 saturated carbocycles. The van der Waals surface area contributed by atoms with Gasteiger partial charge in [0.25, 0.3) is 0 Å². The standard InChI is InChI=1S/C14H17ClN2O/c1-3-17-9-16-8-13(17)14(18)7-11-5-4-10(2)6-12(11)15/h4-6,8-9,14,18H,3,7H2,1-2H3. The van der Waals surface area contributed by atoms with Crippen LogP contribution in [0.15, 0.2) is 30.7 Å². The number of benzene rings is 1. The molecule has 2 aromatic rings. The molecule has 4 heteroatoms. The first-order valence-electron chi connectivity index (χ1n) is 6.05. The van der Waals surface area contributed by atoms with E-state index in [0.29, 0.717) is 11.4 Å².